The molecule has 1 rings (SSSR count). The molecule has 0 bridgehead atoms. The van der Waals surface area contributed by atoms with Crippen LogP contribution in [0.1, 0.15) is 40.2 Å². The van der Waals surface area contributed by atoms with E-state index in [4.69, 9.17) is 14.2 Å². The molecule has 0 aliphatic heterocycles. The maximum atomic E-state index is 12.6. The summed E-state index contributed by atoms with van der Waals surface area (Å²) < 4.78 is 16.3. The number of carbonyl (C=O) groups is 2. The van der Waals surface area contributed by atoms with Crippen LogP contribution in [0, 0.1) is 0 Å². The molecule has 146 valence electrons. The van der Waals surface area contributed by atoms with Gasteiger partial charge < -0.3 is 19.5 Å². The van der Waals surface area contributed by atoms with Crippen LogP contribution in [-0.4, -0.2) is 49.3 Å². The highest BCUT2D eigenvalue weighted by Crippen LogP contribution is 2.26. The second kappa shape index (κ2) is 9.89. The summed E-state index contributed by atoms with van der Waals surface area (Å²) in [6, 6.07) is 5.37. The van der Waals surface area contributed by atoms with Crippen LogP contribution in [0.25, 0.3) is 0 Å². The van der Waals surface area contributed by atoms with E-state index in [9.17, 15) is 9.59 Å². The van der Waals surface area contributed by atoms with Crippen LogP contribution < -0.4 is 14.8 Å². The van der Waals surface area contributed by atoms with Gasteiger partial charge in [0.25, 0.3) is 0 Å². The predicted molar refractivity (Wildman–Crippen MR) is 99.5 cm³/mol. The summed E-state index contributed by atoms with van der Waals surface area (Å²) >= 11 is 0. The monoisotopic (exact) mass is 366 g/mol. The third kappa shape index (κ3) is 7.21. The van der Waals surface area contributed by atoms with Gasteiger partial charge in [-0.1, -0.05) is 0 Å². The molecule has 7 heteroatoms. The van der Waals surface area contributed by atoms with Gasteiger partial charge in [0.1, 0.15) is 23.6 Å². The van der Waals surface area contributed by atoms with Gasteiger partial charge in [-0.3, -0.25) is 9.69 Å². The Morgan fingerprint density at radius 1 is 1.19 bits per heavy atom. The maximum Gasteiger partial charge on any atom is 0.411 e. The largest absolute Gasteiger partial charge is 0.497 e. The summed E-state index contributed by atoms with van der Waals surface area (Å²) in [5.41, 5.74) is 0.113. The number of amides is 2. The van der Waals surface area contributed by atoms with Crippen molar-refractivity contribution in [1.29, 1.82) is 0 Å². The van der Waals surface area contributed by atoms with Crippen molar-refractivity contribution in [3.63, 3.8) is 0 Å². The van der Waals surface area contributed by atoms with E-state index in [-0.39, 0.29) is 19.0 Å². The molecule has 0 unspecified atom stereocenters. The summed E-state index contributed by atoms with van der Waals surface area (Å²) in [5, 5.41) is 2.70. The summed E-state index contributed by atoms with van der Waals surface area (Å²) in [6.45, 7) is 10.1. The van der Waals surface area contributed by atoms with Gasteiger partial charge in [0.2, 0.25) is 5.91 Å². The molecule has 1 aromatic rings. The van der Waals surface area contributed by atoms with Crippen molar-refractivity contribution in [2.24, 2.45) is 0 Å². The van der Waals surface area contributed by atoms with Crippen LogP contribution in [0.4, 0.5) is 4.79 Å². The molecule has 7 nitrogen and oxygen atoms in total. The lowest BCUT2D eigenvalue weighted by Crippen LogP contribution is -2.42. The number of hydrogen-bond acceptors (Lipinski definition) is 5. The molecule has 1 aromatic carbocycles. The molecule has 0 aliphatic carbocycles. The van der Waals surface area contributed by atoms with Crippen LogP contribution >= 0.6 is 0 Å². The van der Waals surface area contributed by atoms with Gasteiger partial charge in [0.05, 0.1) is 20.3 Å². The average molecular weight is 366 g/mol. The minimum Gasteiger partial charge on any atom is -0.497 e. The molecular formula is C19H30N2O5. The molecule has 0 radical (unpaired) electrons. The van der Waals surface area contributed by atoms with Gasteiger partial charge in [-0.15, -0.1) is 0 Å². The molecule has 0 saturated heterocycles. The summed E-state index contributed by atoms with van der Waals surface area (Å²) in [5.74, 6) is 1.02. The van der Waals surface area contributed by atoms with Crippen molar-refractivity contribution in [3.05, 3.63) is 23.8 Å². The van der Waals surface area contributed by atoms with E-state index in [1.807, 2.05) is 19.9 Å². The number of rotatable bonds is 8. The van der Waals surface area contributed by atoms with Gasteiger partial charge in [0, 0.05) is 18.2 Å². The van der Waals surface area contributed by atoms with Gasteiger partial charge in [0.15, 0.2) is 0 Å². The number of likely N-dealkylation sites (N-methyl/N-ethyl adjacent to an activating group) is 1. The fraction of sp³-hybridized carbons (Fsp3) is 0.579. The number of hydrogen-bond donors (Lipinski definition) is 1. The fourth-order valence-corrected chi connectivity index (χ4v) is 2.23. The van der Waals surface area contributed by atoms with E-state index >= 15 is 0 Å². The second-order valence-electron chi connectivity index (χ2n) is 6.70. The SMILES string of the molecule is CCNC(=O)CN(Cc1ccc(OC)cc1OCC)C(=O)OC(C)(C)C. The lowest BCUT2D eigenvalue weighted by molar-refractivity contribution is -0.122. The zero-order chi connectivity index (χ0) is 19.7. The predicted octanol–water partition coefficient (Wildman–Crippen LogP) is 2.97. The van der Waals surface area contributed by atoms with Crippen LogP contribution in [0.15, 0.2) is 18.2 Å². The third-order valence-electron chi connectivity index (χ3n) is 3.30. The van der Waals surface area contributed by atoms with E-state index in [1.54, 1.807) is 40.0 Å². The van der Waals surface area contributed by atoms with Crippen molar-refractivity contribution in [3.8, 4) is 11.5 Å². The molecule has 0 atom stereocenters. The highest BCUT2D eigenvalue weighted by Gasteiger charge is 2.25. The Labute approximate surface area is 155 Å². The highest BCUT2D eigenvalue weighted by atomic mass is 16.6. The van der Waals surface area contributed by atoms with E-state index in [0.29, 0.717) is 24.7 Å². The van der Waals surface area contributed by atoms with Gasteiger partial charge in [-0.25, -0.2) is 4.79 Å². The topological polar surface area (TPSA) is 77.1 Å². The van der Waals surface area contributed by atoms with E-state index in [1.165, 1.54) is 4.90 Å². The Kier molecular flexibility index (Phi) is 8.22. The molecule has 0 fully saturated rings. The molecule has 1 N–H and O–H groups in total. The van der Waals surface area contributed by atoms with E-state index < -0.39 is 11.7 Å². The number of carbonyl (C=O) groups excluding carboxylic acids is 2. The minimum atomic E-state index is -0.654. The molecule has 0 spiro atoms. The molecule has 0 heterocycles. The van der Waals surface area contributed by atoms with Crippen molar-refractivity contribution in [2.45, 2.75) is 46.8 Å². The third-order valence-corrected chi connectivity index (χ3v) is 3.30. The number of nitrogens with one attached hydrogen (secondary N) is 1. The first kappa shape index (κ1) is 21.6. The van der Waals surface area contributed by atoms with Crippen LogP contribution in [0.5, 0.6) is 11.5 Å². The van der Waals surface area contributed by atoms with Gasteiger partial charge >= 0.3 is 6.09 Å². The minimum absolute atomic E-state index is 0.0969. The zero-order valence-corrected chi connectivity index (χ0v) is 16.5. The first-order chi connectivity index (χ1) is 12.2. The van der Waals surface area contributed by atoms with E-state index in [0.717, 1.165) is 5.56 Å². The fourth-order valence-electron chi connectivity index (χ4n) is 2.23. The summed E-state index contributed by atoms with van der Waals surface area (Å²) in [7, 11) is 1.58. The Hall–Kier alpha value is -2.44. The Morgan fingerprint density at radius 2 is 1.88 bits per heavy atom. The van der Waals surface area contributed by atoms with E-state index in [2.05, 4.69) is 5.32 Å². The molecule has 0 aromatic heterocycles. The zero-order valence-electron chi connectivity index (χ0n) is 16.5. The Morgan fingerprint density at radius 3 is 2.42 bits per heavy atom. The number of ether oxygens (including phenoxy) is 3. The quantitative estimate of drug-likeness (QED) is 0.765. The Bertz CT molecular complexity index is 610. The Balaban J connectivity index is 3.07. The average Bonchev–Trinajstić information content (AvgIpc) is 2.54. The molecule has 0 aliphatic rings. The van der Waals surface area contributed by atoms with Crippen molar-refractivity contribution in [2.75, 3.05) is 26.8 Å². The first-order valence-electron chi connectivity index (χ1n) is 8.74. The normalized spacial score (nSPS) is 10.8. The maximum absolute atomic E-state index is 12.6. The smallest absolute Gasteiger partial charge is 0.411 e. The molecular weight excluding hydrogens is 336 g/mol. The summed E-state index contributed by atoms with van der Waals surface area (Å²) in [6.07, 6.45) is -0.554. The molecule has 0 saturated carbocycles. The first-order valence-corrected chi connectivity index (χ1v) is 8.74. The summed E-state index contributed by atoms with van der Waals surface area (Å²) in [4.78, 5) is 25.9. The van der Waals surface area contributed by atoms with Crippen LogP contribution in [-0.2, 0) is 16.1 Å². The van der Waals surface area contributed by atoms with Crippen molar-refractivity contribution >= 4 is 12.0 Å². The second-order valence-corrected chi connectivity index (χ2v) is 6.70. The van der Waals surface area contributed by atoms with Crippen molar-refractivity contribution < 1.29 is 23.8 Å². The van der Waals surface area contributed by atoms with Crippen LogP contribution in [0.3, 0.4) is 0 Å². The van der Waals surface area contributed by atoms with Crippen LogP contribution in [0.2, 0.25) is 0 Å². The molecule has 2 amide bonds. The lowest BCUT2D eigenvalue weighted by Gasteiger charge is -2.27. The number of nitrogens with zero attached hydrogens (tertiary/aromatic N) is 1. The lowest BCUT2D eigenvalue weighted by atomic mass is 10.1. The van der Waals surface area contributed by atoms with Crippen molar-refractivity contribution in [1.82, 2.24) is 10.2 Å². The number of benzene rings is 1. The standard InChI is InChI=1S/C19H30N2O5/c1-7-20-17(22)13-21(18(23)26-19(3,4)5)12-14-9-10-15(24-6)11-16(14)25-8-2/h9-11H,7-8,12-13H2,1-6H3,(H,20,22). The number of methoxy groups -OCH3 is 1. The highest BCUT2D eigenvalue weighted by molar-refractivity contribution is 5.82. The molecule has 26 heavy (non-hydrogen) atoms. The van der Waals surface area contributed by atoms with Gasteiger partial charge in [-0.2, -0.15) is 0 Å². The van der Waals surface area contributed by atoms with Gasteiger partial charge in [-0.05, 0) is 46.8 Å².